The minimum absolute atomic E-state index is 0.0785. The quantitative estimate of drug-likeness (QED) is 0.756. The number of ether oxygens (including phenoxy) is 1. The molecule has 1 aromatic rings. The SMILES string of the molecule is CCCN1CCN(c2cc(C3=NC4=C3CC(OC(C)C)C=C4)ncn2)CC1=O. The van der Waals surface area contributed by atoms with Crippen LogP contribution in [0.2, 0.25) is 0 Å². The highest BCUT2D eigenvalue weighted by atomic mass is 16.5. The van der Waals surface area contributed by atoms with Crippen LogP contribution in [-0.4, -0.2) is 64.9 Å². The summed E-state index contributed by atoms with van der Waals surface area (Å²) in [4.78, 5) is 29.8. The molecule has 1 fully saturated rings. The Morgan fingerprint density at radius 1 is 1.29 bits per heavy atom. The van der Waals surface area contributed by atoms with Crippen LogP contribution >= 0.6 is 0 Å². The highest BCUT2D eigenvalue weighted by molar-refractivity contribution is 6.17. The Labute approximate surface area is 165 Å². The van der Waals surface area contributed by atoms with Crippen molar-refractivity contribution in [2.45, 2.75) is 45.8 Å². The maximum atomic E-state index is 12.4. The third-order valence-corrected chi connectivity index (χ3v) is 5.18. The summed E-state index contributed by atoms with van der Waals surface area (Å²) in [5, 5.41) is 0. The van der Waals surface area contributed by atoms with Gasteiger partial charge in [0.2, 0.25) is 5.91 Å². The molecule has 28 heavy (non-hydrogen) atoms. The van der Waals surface area contributed by atoms with E-state index >= 15 is 0 Å². The first kappa shape index (κ1) is 18.8. The van der Waals surface area contributed by atoms with Gasteiger partial charge in [0, 0.05) is 37.7 Å². The van der Waals surface area contributed by atoms with E-state index < -0.39 is 0 Å². The summed E-state index contributed by atoms with van der Waals surface area (Å²) in [5.74, 6) is 0.943. The number of nitrogens with zero attached hydrogens (tertiary/aromatic N) is 5. The van der Waals surface area contributed by atoms with Gasteiger partial charge in [-0.3, -0.25) is 4.79 Å². The zero-order valence-corrected chi connectivity index (χ0v) is 16.8. The Bertz CT molecular complexity index is 858. The van der Waals surface area contributed by atoms with E-state index in [9.17, 15) is 4.79 Å². The van der Waals surface area contributed by atoms with Gasteiger partial charge >= 0.3 is 0 Å². The molecule has 1 amide bonds. The number of aliphatic imine (C=N–C) groups is 1. The van der Waals surface area contributed by atoms with Crippen molar-refractivity contribution >= 4 is 17.4 Å². The molecule has 0 spiro atoms. The molecular formula is C21H27N5O2. The predicted octanol–water partition coefficient (Wildman–Crippen LogP) is 2.35. The van der Waals surface area contributed by atoms with Gasteiger partial charge in [-0.05, 0) is 26.3 Å². The Hall–Kier alpha value is -2.54. The molecule has 4 rings (SSSR count). The zero-order chi connectivity index (χ0) is 19.7. The molecule has 0 aromatic carbocycles. The molecule has 2 aliphatic heterocycles. The summed E-state index contributed by atoms with van der Waals surface area (Å²) >= 11 is 0. The number of allylic oxidation sites excluding steroid dienone is 1. The molecule has 0 N–H and O–H groups in total. The molecule has 7 heteroatoms. The van der Waals surface area contributed by atoms with Gasteiger partial charge in [-0.25, -0.2) is 15.0 Å². The standard InChI is InChI=1S/C21H27N5O2/c1-4-7-25-8-9-26(12-20(25)27)19-11-18(22-13-23-19)21-16-10-15(28-14(2)3)5-6-17(16)24-21/h5-6,11,13-15H,4,7-10,12H2,1-3H3. The fourth-order valence-electron chi connectivity index (χ4n) is 3.85. The highest BCUT2D eigenvalue weighted by Gasteiger charge is 2.30. The molecule has 148 valence electrons. The number of aromatic nitrogens is 2. The molecule has 1 aromatic heterocycles. The normalized spacial score (nSPS) is 21.8. The van der Waals surface area contributed by atoms with Crippen LogP contribution in [0.25, 0.3) is 0 Å². The molecule has 0 saturated carbocycles. The van der Waals surface area contributed by atoms with Crippen molar-refractivity contribution in [2.75, 3.05) is 31.1 Å². The molecular weight excluding hydrogens is 354 g/mol. The number of anilines is 1. The van der Waals surface area contributed by atoms with E-state index in [-0.39, 0.29) is 18.1 Å². The lowest BCUT2D eigenvalue weighted by molar-refractivity contribution is -0.131. The summed E-state index contributed by atoms with van der Waals surface area (Å²) in [7, 11) is 0. The number of carbonyl (C=O) groups is 1. The predicted molar refractivity (Wildman–Crippen MR) is 108 cm³/mol. The third-order valence-electron chi connectivity index (χ3n) is 5.18. The van der Waals surface area contributed by atoms with Crippen molar-refractivity contribution in [3.63, 3.8) is 0 Å². The van der Waals surface area contributed by atoms with Crippen molar-refractivity contribution in [2.24, 2.45) is 4.99 Å². The second-order valence-corrected chi connectivity index (χ2v) is 7.67. The number of carbonyl (C=O) groups excluding carboxylic acids is 1. The van der Waals surface area contributed by atoms with Crippen molar-refractivity contribution in [1.29, 1.82) is 0 Å². The van der Waals surface area contributed by atoms with E-state index in [1.165, 1.54) is 5.57 Å². The molecule has 0 radical (unpaired) electrons. The van der Waals surface area contributed by atoms with E-state index in [1.54, 1.807) is 6.33 Å². The van der Waals surface area contributed by atoms with E-state index in [0.717, 1.165) is 55.4 Å². The minimum Gasteiger partial charge on any atom is -0.371 e. The number of amides is 1. The summed E-state index contributed by atoms with van der Waals surface area (Å²) in [6.07, 6.45) is 7.74. The average molecular weight is 381 g/mol. The molecule has 3 heterocycles. The fourth-order valence-corrected chi connectivity index (χ4v) is 3.85. The number of rotatable bonds is 6. The summed E-state index contributed by atoms with van der Waals surface area (Å²) in [5.41, 5.74) is 3.94. The first-order valence-corrected chi connectivity index (χ1v) is 10.1. The van der Waals surface area contributed by atoms with Gasteiger partial charge in [0.1, 0.15) is 12.1 Å². The lowest BCUT2D eigenvalue weighted by Crippen LogP contribution is -2.50. The molecule has 3 aliphatic rings. The third kappa shape index (κ3) is 3.71. The van der Waals surface area contributed by atoms with Crippen LogP contribution in [0.4, 0.5) is 5.82 Å². The monoisotopic (exact) mass is 381 g/mol. The van der Waals surface area contributed by atoms with Crippen LogP contribution in [0.3, 0.4) is 0 Å². The molecule has 1 aliphatic carbocycles. The molecule has 1 saturated heterocycles. The van der Waals surface area contributed by atoms with Crippen LogP contribution in [0.1, 0.15) is 39.3 Å². The van der Waals surface area contributed by atoms with Crippen LogP contribution in [0, 0.1) is 0 Å². The van der Waals surface area contributed by atoms with E-state index in [0.29, 0.717) is 6.54 Å². The Kier molecular flexibility index (Phi) is 5.26. The Morgan fingerprint density at radius 2 is 2.14 bits per heavy atom. The molecule has 1 atom stereocenters. The average Bonchev–Trinajstić information content (AvgIpc) is 2.66. The minimum atomic E-state index is 0.0785. The van der Waals surface area contributed by atoms with Gasteiger partial charge in [-0.2, -0.15) is 0 Å². The zero-order valence-electron chi connectivity index (χ0n) is 16.8. The Balaban J connectivity index is 1.46. The van der Waals surface area contributed by atoms with Gasteiger partial charge in [0.25, 0.3) is 0 Å². The van der Waals surface area contributed by atoms with Gasteiger partial charge in [-0.1, -0.05) is 13.0 Å². The first-order chi connectivity index (χ1) is 13.5. The summed E-state index contributed by atoms with van der Waals surface area (Å²) < 4.78 is 5.93. The van der Waals surface area contributed by atoms with Gasteiger partial charge in [0.05, 0.1) is 35.9 Å². The Morgan fingerprint density at radius 3 is 2.89 bits per heavy atom. The summed E-state index contributed by atoms with van der Waals surface area (Å²) in [6, 6.07) is 1.95. The second-order valence-electron chi connectivity index (χ2n) is 7.67. The number of hydrogen-bond acceptors (Lipinski definition) is 6. The maximum absolute atomic E-state index is 12.4. The first-order valence-electron chi connectivity index (χ1n) is 10.1. The van der Waals surface area contributed by atoms with Crippen LogP contribution in [-0.2, 0) is 9.53 Å². The van der Waals surface area contributed by atoms with Crippen molar-refractivity contribution in [3.05, 3.63) is 41.5 Å². The number of hydrogen-bond donors (Lipinski definition) is 0. The van der Waals surface area contributed by atoms with E-state index in [2.05, 4.69) is 28.0 Å². The van der Waals surface area contributed by atoms with Crippen molar-refractivity contribution in [1.82, 2.24) is 14.9 Å². The molecule has 0 bridgehead atoms. The van der Waals surface area contributed by atoms with Crippen LogP contribution in [0.15, 0.2) is 40.8 Å². The smallest absolute Gasteiger partial charge is 0.242 e. The summed E-state index contributed by atoms with van der Waals surface area (Å²) in [6.45, 7) is 8.90. The van der Waals surface area contributed by atoms with E-state index in [1.807, 2.05) is 35.8 Å². The van der Waals surface area contributed by atoms with Gasteiger partial charge in [-0.15, -0.1) is 0 Å². The molecule has 1 unspecified atom stereocenters. The maximum Gasteiger partial charge on any atom is 0.242 e. The fraction of sp³-hybridized carbons (Fsp3) is 0.524. The van der Waals surface area contributed by atoms with Gasteiger partial charge in [0.15, 0.2) is 0 Å². The number of piperazine rings is 1. The highest BCUT2D eigenvalue weighted by Crippen LogP contribution is 2.33. The second kappa shape index (κ2) is 7.83. The van der Waals surface area contributed by atoms with Gasteiger partial charge < -0.3 is 14.5 Å². The topological polar surface area (TPSA) is 70.9 Å². The van der Waals surface area contributed by atoms with Crippen molar-refractivity contribution in [3.8, 4) is 0 Å². The largest absolute Gasteiger partial charge is 0.371 e. The van der Waals surface area contributed by atoms with Crippen molar-refractivity contribution < 1.29 is 9.53 Å². The van der Waals surface area contributed by atoms with E-state index in [4.69, 9.17) is 4.74 Å². The molecule has 7 nitrogen and oxygen atoms in total. The lowest BCUT2D eigenvalue weighted by Gasteiger charge is -2.35. The van der Waals surface area contributed by atoms with Crippen LogP contribution in [0.5, 0.6) is 0 Å². The van der Waals surface area contributed by atoms with Crippen LogP contribution < -0.4 is 4.90 Å². The lowest BCUT2D eigenvalue weighted by atomic mass is 9.89.